The van der Waals surface area contributed by atoms with Crippen LogP contribution in [0.2, 0.25) is 0 Å². The number of halogens is 1. The SMILES string of the molecule is CC(=O)[C@H]1CC[C@H](c2nc3cc(F)c([N+](=O)[O-])cc3o2)CC1. The molecule has 6 nitrogen and oxygen atoms in total. The van der Waals surface area contributed by atoms with Crippen molar-refractivity contribution in [3.05, 3.63) is 34.0 Å². The van der Waals surface area contributed by atoms with Crippen molar-refractivity contribution in [3.8, 4) is 0 Å². The number of nitrogens with zero attached hydrogens (tertiary/aromatic N) is 2. The first kappa shape index (κ1) is 14.6. The van der Waals surface area contributed by atoms with Crippen LogP contribution in [0, 0.1) is 21.8 Å². The molecule has 0 radical (unpaired) electrons. The van der Waals surface area contributed by atoms with E-state index in [2.05, 4.69) is 4.98 Å². The predicted octanol–water partition coefficient (Wildman–Crippen LogP) is 3.74. The van der Waals surface area contributed by atoms with Crippen LogP contribution in [0.1, 0.15) is 44.4 Å². The van der Waals surface area contributed by atoms with Gasteiger partial charge in [-0.25, -0.2) is 4.98 Å². The summed E-state index contributed by atoms with van der Waals surface area (Å²) in [5.41, 5.74) is -0.112. The van der Waals surface area contributed by atoms with Crippen LogP contribution in [-0.4, -0.2) is 15.7 Å². The molecule has 116 valence electrons. The van der Waals surface area contributed by atoms with Crippen molar-refractivity contribution >= 4 is 22.6 Å². The first-order valence-corrected chi connectivity index (χ1v) is 7.20. The molecule has 7 heteroatoms. The Morgan fingerprint density at radius 2 is 2.05 bits per heavy atom. The van der Waals surface area contributed by atoms with Crippen LogP contribution in [0.5, 0.6) is 0 Å². The highest BCUT2D eigenvalue weighted by molar-refractivity contribution is 5.78. The Bertz CT molecular complexity index is 747. The molecule has 1 aliphatic carbocycles. The Balaban J connectivity index is 1.87. The van der Waals surface area contributed by atoms with E-state index < -0.39 is 16.4 Å². The van der Waals surface area contributed by atoms with Gasteiger partial charge in [0.25, 0.3) is 0 Å². The Morgan fingerprint density at radius 3 is 2.64 bits per heavy atom. The monoisotopic (exact) mass is 306 g/mol. The van der Waals surface area contributed by atoms with E-state index in [-0.39, 0.29) is 28.7 Å². The highest BCUT2D eigenvalue weighted by atomic mass is 19.1. The Kier molecular flexibility index (Phi) is 3.64. The molecule has 1 aliphatic rings. The van der Waals surface area contributed by atoms with Crippen LogP contribution >= 0.6 is 0 Å². The lowest BCUT2D eigenvalue weighted by Crippen LogP contribution is -2.19. The number of ketones is 1. The van der Waals surface area contributed by atoms with Gasteiger partial charge < -0.3 is 4.42 Å². The summed E-state index contributed by atoms with van der Waals surface area (Å²) in [5, 5.41) is 10.7. The lowest BCUT2D eigenvalue weighted by atomic mass is 9.80. The van der Waals surface area contributed by atoms with Crippen LogP contribution in [0.4, 0.5) is 10.1 Å². The van der Waals surface area contributed by atoms with Gasteiger partial charge in [0.2, 0.25) is 5.82 Å². The predicted molar refractivity (Wildman–Crippen MR) is 76.0 cm³/mol. The zero-order valence-corrected chi connectivity index (χ0v) is 12.0. The maximum Gasteiger partial charge on any atom is 0.308 e. The molecular formula is C15H15FN2O4. The third-order valence-corrected chi connectivity index (χ3v) is 4.32. The maximum atomic E-state index is 13.6. The van der Waals surface area contributed by atoms with Crippen LogP contribution in [0.25, 0.3) is 11.1 Å². The van der Waals surface area contributed by atoms with Crippen molar-refractivity contribution in [1.82, 2.24) is 4.98 Å². The number of nitro groups is 1. The number of rotatable bonds is 3. The number of hydrogen-bond donors (Lipinski definition) is 0. The van der Waals surface area contributed by atoms with Crippen molar-refractivity contribution in [2.75, 3.05) is 0 Å². The Hall–Kier alpha value is -2.31. The van der Waals surface area contributed by atoms with Crippen LogP contribution in [-0.2, 0) is 4.79 Å². The zero-order valence-electron chi connectivity index (χ0n) is 12.0. The van der Waals surface area contributed by atoms with Gasteiger partial charge >= 0.3 is 5.69 Å². The van der Waals surface area contributed by atoms with Gasteiger partial charge in [-0.05, 0) is 32.6 Å². The van der Waals surface area contributed by atoms with Gasteiger partial charge in [0.15, 0.2) is 11.5 Å². The number of hydrogen-bond acceptors (Lipinski definition) is 5. The molecule has 1 heterocycles. The van der Waals surface area contributed by atoms with E-state index in [4.69, 9.17) is 4.42 Å². The standard InChI is InChI=1S/C15H15FN2O4/c1-8(19)9-2-4-10(5-3-9)15-17-12-6-11(16)13(18(20)21)7-14(12)22-15/h6-7,9-10H,2-5H2,1H3/t9-,10-. The van der Waals surface area contributed by atoms with E-state index in [1.807, 2.05) is 0 Å². The Morgan fingerprint density at radius 1 is 1.36 bits per heavy atom. The van der Waals surface area contributed by atoms with E-state index in [0.717, 1.165) is 37.8 Å². The summed E-state index contributed by atoms with van der Waals surface area (Å²) < 4.78 is 19.2. The van der Waals surface area contributed by atoms with Crippen molar-refractivity contribution in [2.45, 2.75) is 38.5 Å². The minimum absolute atomic E-state index is 0.0742. The molecule has 22 heavy (non-hydrogen) atoms. The van der Waals surface area contributed by atoms with Crippen LogP contribution in [0.3, 0.4) is 0 Å². The summed E-state index contributed by atoms with van der Waals surface area (Å²) in [6.45, 7) is 1.60. The fourth-order valence-corrected chi connectivity index (χ4v) is 3.02. The van der Waals surface area contributed by atoms with E-state index in [1.54, 1.807) is 6.92 Å². The highest BCUT2D eigenvalue weighted by Crippen LogP contribution is 2.37. The van der Waals surface area contributed by atoms with Gasteiger partial charge in [0.1, 0.15) is 11.3 Å². The second kappa shape index (κ2) is 5.47. The molecule has 3 rings (SSSR count). The number of Topliss-reactive ketones (excluding diaryl/α,β-unsaturated/α-hetero) is 1. The minimum atomic E-state index is -0.919. The number of carbonyl (C=O) groups is 1. The highest BCUT2D eigenvalue weighted by Gasteiger charge is 2.28. The molecule has 1 aromatic heterocycles. The van der Waals surface area contributed by atoms with E-state index in [9.17, 15) is 19.3 Å². The second-order valence-electron chi connectivity index (χ2n) is 5.74. The molecule has 1 saturated carbocycles. The summed E-state index contributed by atoms with van der Waals surface area (Å²) in [4.78, 5) is 25.6. The lowest BCUT2D eigenvalue weighted by molar-refractivity contribution is -0.387. The Labute approximate surface area is 125 Å². The van der Waals surface area contributed by atoms with Crippen LogP contribution < -0.4 is 0 Å². The van der Waals surface area contributed by atoms with Crippen molar-refractivity contribution in [1.29, 1.82) is 0 Å². The van der Waals surface area contributed by atoms with Gasteiger partial charge in [0.05, 0.1) is 11.0 Å². The third kappa shape index (κ3) is 2.58. The molecule has 0 bridgehead atoms. The molecule has 0 atom stereocenters. The molecule has 0 spiro atoms. The topological polar surface area (TPSA) is 86.2 Å². The van der Waals surface area contributed by atoms with Crippen LogP contribution in [0.15, 0.2) is 16.5 Å². The molecule has 2 aromatic rings. The number of oxazole rings is 1. The average Bonchev–Trinajstić information content (AvgIpc) is 2.89. The van der Waals surface area contributed by atoms with Gasteiger partial charge in [-0.1, -0.05) is 0 Å². The van der Waals surface area contributed by atoms with Crippen molar-refractivity contribution in [2.24, 2.45) is 5.92 Å². The number of nitro benzene ring substituents is 1. The normalized spacial score (nSPS) is 21.9. The maximum absolute atomic E-state index is 13.6. The lowest BCUT2D eigenvalue weighted by Gasteiger charge is -2.24. The summed E-state index contributed by atoms with van der Waals surface area (Å²) in [7, 11) is 0. The molecule has 0 amide bonds. The van der Waals surface area contributed by atoms with Crippen molar-refractivity contribution in [3.63, 3.8) is 0 Å². The van der Waals surface area contributed by atoms with E-state index in [0.29, 0.717) is 5.89 Å². The first-order chi connectivity index (χ1) is 10.5. The minimum Gasteiger partial charge on any atom is -0.440 e. The third-order valence-electron chi connectivity index (χ3n) is 4.32. The van der Waals surface area contributed by atoms with E-state index >= 15 is 0 Å². The summed E-state index contributed by atoms with van der Waals surface area (Å²) >= 11 is 0. The molecule has 0 saturated heterocycles. The quantitative estimate of drug-likeness (QED) is 0.637. The summed E-state index contributed by atoms with van der Waals surface area (Å²) in [6.07, 6.45) is 3.13. The number of carbonyl (C=O) groups excluding carboxylic acids is 1. The molecule has 0 unspecified atom stereocenters. The molecule has 0 aliphatic heterocycles. The summed E-state index contributed by atoms with van der Waals surface area (Å²) in [6, 6.07) is 2.10. The molecular weight excluding hydrogens is 291 g/mol. The fourth-order valence-electron chi connectivity index (χ4n) is 3.02. The first-order valence-electron chi connectivity index (χ1n) is 7.20. The van der Waals surface area contributed by atoms with E-state index in [1.165, 1.54) is 0 Å². The van der Waals surface area contributed by atoms with Crippen molar-refractivity contribution < 1.29 is 18.5 Å². The summed E-state index contributed by atoms with van der Waals surface area (Å²) in [5.74, 6) is -0.0764. The number of aromatic nitrogens is 1. The molecule has 1 aromatic carbocycles. The fraction of sp³-hybridized carbons (Fsp3) is 0.467. The van der Waals surface area contributed by atoms with Gasteiger partial charge in [-0.2, -0.15) is 4.39 Å². The number of benzene rings is 1. The average molecular weight is 306 g/mol. The second-order valence-corrected chi connectivity index (χ2v) is 5.74. The largest absolute Gasteiger partial charge is 0.440 e. The van der Waals surface area contributed by atoms with Gasteiger partial charge in [0, 0.05) is 17.9 Å². The smallest absolute Gasteiger partial charge is 0.308 e. The molecule has 1 fully saturated rings. The number of fused-ring (bicyclic) bond motifs is 1. The zero-order chi connectivity index (χ0) is 15.9. The molecule has 0 N–H and O–H groups in total. The van der Waals surface area contributed by atoms with Gasteiger partial charge in [-0.15, -0.1) is 0 Å². The van der Waals surface area contributed by atoms with Gasteiger partial charge in [-0.3, -0.25) is 14.9 Å².